The SMILES string of the molecule is OCc1cc(C(O)CNCCCCCCOCCc2ccc(N3CCCCC3)cc2)ccc1O. The average molecular weight is 471 g/mol. The van der Waals surface area contributed by atoms with Gasteiger partial charge in [0.15, 0.2) is 0 Å². The van der Waals surface area contributed by atoms with E-state index in [1.807, 2.05) is 0 Å². The van der Waals surface area contributed by atoms with E-state index in [0.717, 1.165) is 51.9 Å². The van der Waals surface area contributed by atoms with Gasteiger partial charge in [-0.05, 0) is 80.5 Å². The molecule has 6 heteroatoms. The zero-order chi connectivity index (χ0) is 24.0. The van der Waals surface area contributed by atoms with Crippen LogP contribution in [0.3, 0.4) is 0 Å². The Balaban J connectivity index is 1.16. The molecular formula is C28H42N2O4. The molecule has 1 aliphatic rings. The second-order valence-electron chi connectivity index (χ2n) is 9.26. The Morgan fingerprint density at radius 2 is 1.68 bits per heavy atom. The molecule has 0 aliphatic carbocycles. The Bertz CT molecular complexity index is 822. The van der Waals surface area contributed by atoms with Gasteiger partial charge < -0.3 is 30.3 Å². The lowest BCUT2D eigenvalue weighted by atomic mass is 10.1. The number of benzene rings is 2. The number of piperidine rings is 1. The Hall–Kier alpha value is -2.12. The van der Waals surface area contributed by atoms with Crippen molar-refractivity contribution in [3.8, 4) is 5.75 Å². The summed E-state index contributed by atoms with van der Waals surface area (Å²) in [6.45, 7) is 5.03. The van der Waals surface area contributed by atoms with Crippen LogP contribution in [0.2, 0.25) is 0 Å². The van der Waals surface area contributed by atoms with Gasteiger partial charge in [0.1, 0.15) is 5.75 Å². The molecule has 1 fully saturated rings. The van der Waals surface area contributed by atoms with Crippen LogP contribution in [0.1, 0.15) is 67.7 Å². The summed E-state index contributed by atoms with van der Waals surface area (Å²) in [5.41, 5.74) is 3.83. The third-order valence-corrected chi connectivity index (χ3v) is 6.58. The molecule has 1 saturated heterocycles. The maximum absolute atomic E-state index is 10.3. The van der Waals surface area contributed by atoms with Crippen LogP contribution in [0, 0.1) is 0 Å². The first-order valence-electron chi connectivity index (χ1n) is 12.9. The van der Waals surface area contributed by atoms with Crippen molar-refractivity contribution in [2.75, 3.05) is 44.3 Å². The number of nitrogens with zero attached hydrogens (tertiary/aromatic N) is 1. The number of hydrogen-bond acceptors (Lipinski definition) is 6. The van der Waals surface area contributed by atoms with Crippen LogP contribution in [0.15, 0.2) is 42.5 Å². The first-order chi connectivity index (χ1) is 16.7. The van der Waals surface area contributed by atoms with Crippen LogP contribution < -0.4 is 10.2 Å². The molecule has 1 heterocycles. The number of rotatable bonds is 15. The number of phenols is 1. The van der Waals surface area contributed by atoms with E-state index < -0.39 is 6.10 Å². The lowest BCUT2D eigenvalue weighted by Crippen LogP contribution is -2.29. The van der Waals surface area contributed by atoms with E-state index >= 15 is 0 Å². The van der Waals surface area contributed by atoms with Gasteiger partial charge in [0.05, 0.1) is 19.3 Å². The highest BCUT2D eigenvalue weighted by molar-refractivity contribution is 5.47. The lowest BCUT2D eigenvalue weighted by Gasteiger charge is -2.28. The lowest BCUT2D eigenvalue weighted by molar-refractivity contribution is 0.133. The molecule has 1 unspecified atom stereocenters. The van der Waals surface area contributed by atoms with E-state index in [4.69, 9.17) is 4.74 Å². The number of aliphatic hydroxyl groups excluding tert-OH is 2. The highest BCUT2D eigenvalue weighted by Crippen LogP contribution is 2.22. The molecule has 1 atom stereocenters. The van der Waals surface area contributed by atoms with Crippen molar-refractivity contribution < 1.29 is 20.1 Å². The van der Waals surface area contributed by atoms with Crippen molar-refractivity contribution in [2.45, 2.75) is 64.1 Å². The van der Waals surface area contributed by atoms with E-state index in [2.05, 4.69) is 34.5 Å². The number of anilines is 1. The van der Waals surface area contributed by atoms with E-state index in [0.29, 0.717) is 17.7 Å². The molecule has 1 aliphatic heterocycles. The quantitative estimate of drug-likeness (QED) is 0.290. The van der Waals surface area contributed by atoms with E-state index in [1.165, 1.54) is 49.7 Å². The van der Waals surface area contributed by atoms with Crippen LogP contribution in [0.4, 0.5) is 5.69 Å². The van der Waals surface area contributed by atoms with Crippen molar-refractivity contribution in [3.63, 3.8) is 0 Å². The normalized spacial score (nSPS) is 14.9. The van der Waals surface area contributed by atoms with Crippen molar-refractivity contribution in [1.29, 1.82) is 0 Å². The second-order valence-corrected chi connectivity index (χ2v) is 9.26. The van der Waals surface area contributed by atoms with E-state index in [1.54, 1.807) is 12.1 Å². The fourth-order valence-electron chi connectivity index (χ4n) is 4.42. The Labute approximate surface area is 204 Å². The van der Waals surface area contributed by atoms with Gasteiger partial charge in [0, 0.05) is 37.5 Å². The third kappa shape index (κ3) is 8.91. The molecule has 0 saturated carbocycles. The number of aromatic hydroxyl groups is 1. The monoisotopic (exact) mass is 470 g/mol. The maximum atomic E-state index is 10.3. The molecule has 6 nitrogen and oxygen atoms in total. The number of hydrogen-bond donors (Lipinski definition) is 4. The van der Waals surface area contributed by atoms with Crippen molar-refractivity contribution in [2.24, 2.45) is 0 Å². The van der Waals surface area contributed by atoms with E-state index in [-0.39, 0.29) is 12.4 Å². The summed E-state index contributed by atoms with van der Waals surface area (Å²) < 4.78 is 5.82. The van der Waals surface area contributed by atoms with Crippen LogP contribution in [0.5, 0.6) is 5.75 Å². The number of ether oxygens (including phenoxy) is 1. The Kier molecular flexibility index (Phi) is 11.7. The number of unbranched alkanes of at least 4 members (excludes halogenated alkanes) is 3. The smallest absolute Gasteiger partial charge is 0.121 e. The van der Waals surface area contributed by atoms with Crippen molar-refractivity contribution in [1.82, 2.24) is 5.32 Å². The average Bonchev–Trinajstić information content (AvgIpc) is 2.88. The minimum absolute atomic E-state index is 0.0530. The zero-order valence-electron chi connectivity index (χ0n) is 20.4. The third-order valence-electron chi connectivity index (χ3n) is 6.58. The molecule has 188 valence electrons. The molecule has 0 spiro atoms. The summed E-state index contributed by atoms with van der Waals surface area (Å²) in [5, 5.41) is 32.4. The summed E-state index contributed by atoms with van der Waals surface area (Å²) >= 11 is 0. The van der Waals surface area contributed by atoms with Gasteiger partial charge in [-0.3, -0.25) is 0 Å². The minimum Gasteiger partial charge on any atom is -0.508 e. The molecule has 2 aromatic rings. The van der Waals surface area contributed by atoms with Gasteiger partial charge in [-0.2, -0.15) is 0 Å². The standard InChI is InChI=1S/C28H42N2O4/c31-22-25-20-24(10-13-27(25)32)28(33)21-29-15-4-1-2-7-18-34-19-14-23-8-11-26(12-9-23)30-16-5-3-6-17-30/h8-13,20,28-29,31-33H,1-7,14-19,21-22H2. The molecule has 2 aromatic carbocycles. The minimum atomic E-state index is -0.653. The zero-order valence-corrected chi connectivity index (χ0v) is 20.4. The fourth-order valence-corrected chi connectivity index (χ4v) is 4.42. The predicted molar refractivity (Wildman–Crippen MR) is 137 cm³/mol. The Morgan fingerprint density at radius 3 is 2.44 bits per heavy atom. The highest BCUT2D eigenvalue weighted by atomic mass is 16.5. The maximum Gasteiger partial charge on any atom is 0.121 e. The highest BCUT2D eigenvalue weighted by Gasteiger charge is 2.11. The van der Waals surface area contributed by atoms with Gasteiger partial charge in [-0.25, -0.2) is 0 Å². The van der Waals surface area contributed by atoms with E-state index in [9.17, 15) is 15.3 Å². The first-order valence-corrected chi connectivity index (χ1v) is 12.9. The molecule has 0 amide bonds. The van der Waals surface area contributed by atoms with Crippen LogP contribution in [0.25, 0.3) is 0 Å². The van der Waals surface area contributed by atoms with Crippen molar-refractivity contribution in [3.05, 3.63) is 59.2 Å². The molecule has 34 heavy (non-hydrogen) atoms. The molecule has 3 rings (SSSR count). The van der Waals surface area contributed by atoms with Crippen LogP contribution >= 0.6 is 0 Å². The summed E-state index contributed by atoms with van der Waals surface area (Å²) in [6, 6.07) is 13.8. The summed E-state index contributed by atoms with van der Waals surface area (Å²) in [5.74, 6) is 0.0530. The summed E-state index contributed by atoms with van der Waals surface area (Å²) in [4.78, 5) is 2.49. The van der Waals surface area contributed by atoms with Crippen molar-refractivity contribution >= 4 is 5.69 Å². The second kappa shape index (κ2) is 15.0. The molecule has 0 radical (unpaired) electrons. The Morgan fingerprint density at radius 1 is 0.912 bits per heavy atom. The molecule has 0 aromatic heterocycles. The van der Waals surface area contributed by atoms with Gasteiger partial charge in [0.25, 0.3) is 0 Å². The predicted octanol–water partition coefficient (Wildman–Crippen LogP) is 4.32. The molecule has 4 N–H and O–H groups in total. The van der Waals surface area contributed by atoms with Gasteiger partial charge in [-0.1, -0.05) is 31.0 Å². The summed E-state index contributed by atoms with van der Waals surface area (Å²) in [6.07, 6.45) is 8.72. The number of nitrogens with one attached hydrogen (secondary N) is 1. The van der Waals surface area contributed by atoms with Gasteiger partial charge in [-0.15, -0.1) is 0 Å². The fraction of sp³-hybridized carbons (Fsp3) is 0.571. The van der Waals surface area contributed by atoms with Crippen LogP contribution in [-0.4, -0.2) is 54.7 Å². The molecule has 0 bridgehead atoms. The first kappa shape index (κ1) is 26.5. The summed E-state index contributed by atoms with van der Waals surface area (Å²) in [7, 11) is 0. The number of aliphatic hydroxyl groups is 2. The van der Waals surface area contributed by atoms with Gasteiger partial charge in [0.2, 0.25) is 0 Å². The van der Waals surface area contributed by atoms with Crippen LogP contribution in [-0.2, 0) is 17.8 Å². The van der Waals surface area contributed by atoms with Gasteiger partial charge >= 0.3 is 0 Å². The molecular weight excluding hydrogens is 428 g/mol. The largest absolute Gasteiger partial charge is 0.508 e. The topological polar surface area (TPSA) is 85.2 Å².